The van der Waals surface area contributed by atoms with Crippen molar-refractivity contribution in [2.75, 3.05) is 13.1 Å². The van der Waals surface area contributed by atoms with Crippen molar-refractivity contribution >= 4 is 5.91 Å². The Kier molecular flexibility index (Phi) is 5.04. The smallest absolute Gasteiger partial charge is 0.224 e. The van der Waals surface area contributed by atoms with E-state index in [4.69, 9.17) is 0 Å². The summed E-state index contributed by atoms with van der Waals surface area (Å²) in [6.45, 7) is 10.2. The highest BCUT2D eigenvalue weighted by Gasteiger charge is 2.30. The Morgan fingerprint density at radius 1 is 1.33 bits per heavy atom. The van der Waals surface area contributed by atoms with Gasteiger partial charge in [-0.15, -0.1) is 0 Å². The third-order valence-electron chi connectivity index (χ3n) is 4.11. The molecule has 1 aliphatic heterocycles. The van der Waals surface area contributed by atoms with Gasteiger partial charge in [-0.05, 0) is 51.7 Å². The van der Waals surface area contributed by atoms with Crippen LogP contribution >= 0.6 is 0 Å². The lowest BCUT2D eigenvalue weighted by Crippen LogP contribution is -2.39. The predicted molar refractivity (Wildman–Crippen MR) is 87.2 cm³/mol. The number of aryl methyl sites for hydroxylation is 1. The van der Waals surface area contributed by atoms with Crippen LogP contribution in [-0.2, 0) is 4.79 Å². The van der Waals surface area contributed by atoms with Crippen molar-refractivity contribution in [1.82, 2.24) is 10.2 Å². The lowest BCUT2D eigenvalue weighted by molar-refractivity contribution is -0.132. The summed E-state index contributed by atoms with van der Waals surface area (Å²) in [6, 6.07) is 8.71. The lowest BCUT2D eigenvalue weighted by atomic mass is 9.99. The molecule has 0 radical (unpaired) electrons. The van der Waals surface area contributed by atoms with Crippen molar-refractivity contribution in [2.45, 2.75) is 58.5 Å². The van der Waals surface area contributed by atoms with Crippen LogP contribution < -0.4 is 5.32 Å². The van der Waals surface area contributed by atoms with E-state index >= 15 is 0 Å². The number of amides is 1. The second kappa shape index (κ2) is 6.61. The summed E-state index contributed by atoms with van der Waals surface area (Å²) >= 11 is 0. The molecule has 3 heteroatoms. The van der Waals surface area contributed by atoms with Gasteiger partial charge in [0.1, 0.15) is 0 Å². The Morgan fingerprint density at radius 3 is 2.71 bits per heavy atom. The van der Waals surface area contributed by atoms with Crippen molar-refractivity contribution in [3.8, 4) is 0 Å². The van der Waals surface area contributed by atoms with Gasteiger partial charge in [-0.3, -0.25) is 4.79 Å². The molecule has 1 fully saturated rings. The summed E-state index contributed by atoms with van der Waals surface area (Å²) < 4.78 is 0. The second-order valence-electron chi connectivity index (χ2n) is 7.03. The van der Waals surface area contributed by atoms with E-state index in [9.17, 15) is 4.79 Å². The van der Waals surface area contributed by atoms with E-state index in [0.717, 1.165) is 25.9 Å². The minimum absolute atomic E-state index is 0.0701. The fourth-order valence-electron chi connectivity index (χ4n) is 3.04. The average molecular weight is 288 g/mol. The predicted octanol–water partition coefficient (Wildman–Crippen LogP) is 3.44. The van der Waals surface area contributed by atoms with Gasteiger partial charge in [0.2, 0.25) is 5.91 Å². The van der Waals surface area contributed by atoms with Crippen molar-refractivity contribution in [1.29, 1.82) is 0 Å². The van der Waals surface area contributed by atoms with Crippen molar-refractivity contribution in [3.05, 3.63) is 35.4 Å². The number of benzene rings is 1. The van der Waals surface area contributed by atoms with Crippen LogP contribution in [0.15, 0.2) is 24.3 Å². The molecule has 21 heavy (non-hydrogen) atoms. The summed E-state index contributed by atoms with van der Waals surface area (Å²) in [6.07, 6.45) is 2.78. The van der Waals surface area contributed by atoms with E-state index in [2.05, 4.69) is 62.2 Å². The van der Waals surface area contributed by atoms with Crippen LogP contribution in [0.5, 0.6) is 0 Å². The first-order valence-corrected chi connectivity index (χ1v) is 7.98. The van der Waals surface area contributed by atoms with E-state index in [1.54, 1.807) is 0 Å². The molecule has 116 valence electrons. The van der Waals surface area contributed by atoms with Crippen LogP contribution in [0.25, 0.3) is 0 Å². The molecule has 1 aromatic carbocycles. The van der Waals surface area contributed by atoms with Gasteiger partial charge in [0.25, 0.3) is 0 Å². The fraction of sp³-hybridized carbons (Fsp3) is 0.611. The van der Waals surface area contributed by atoms with Crippen LogP contribution in [0.4, 0.5) is 0 Å². The maximum absolute atomic E-state index is 12.5. The molecular weight excluding hydrogens is 260 g/mol. The zero-order valence-electron chi connectivity index (χ0n) is 13.8. The van der Waals surface area contributed by atoms with Gasteiger partial charge in [0.05, 0.1) is 6.04 Å². The molecule has 1 atom stereocenters. The molecule has 1 heterocycles. The van der Waals surface area contributed by atoms with E-state index in [1.807, 2.05) is 0 Å². The van der Waals surface area contributed by atoms with Crippen LogP contribution in [0.2, 0.25) is 0 Å². The van der Waals surface area contributed by atoms with E-state index < -0.39 is 0 Å². The third kappa shape index (κ3) is 4.31. The first-order valence-electron chi connectivity index (χ1n) is 7.98. The Morgan fingerprint density at radius 2 is 2.05 bits per heavy atom. The van der Waals surface area contributed by atoms with Crippen molar-refractivity contribution in [2.24, 2.45) is 0 Å². The number of hydrogen-bond acceptors (Lipinski definition) is 2. The van der Waals surface area contributed by atoms with Crippen molar-refractivity contribution < 1.29 is 4.79 Å². The van der Waals surface area contributed by atoms with Gasteiger partial charge in [0, 0.05) is 25.0 Å². The molecule has 1 N–H and O–H groups in total. The molecule has 2 rings (SSSR count). The largest absolute Gasteiger partial charge is 0.336 e. The van der Waals surface area contributed by atoms with Crippen LogP contribution in [-0.4, -0.2) is 29.4 Å². The lowest BCUT2D eigenvalue weighted by Gasteiger charge is -2.27. The number of carbonyl (C=O) groups is 1. The second-order valence-corrected chi connectivity index (χ2v) is 7.03. The van der Waals surface area contributed by atoms with E-state index in [1.165, 1.54) is 11.1 Å². The molecule has 1 amide bonds. The van der Waals surface area contributed by atoms with E-state index in [-0.39, 0.29) is 17.5 Å². The van der Waals surface area contributed by atoms with Gasteiger partial charge >= 0.3 is 0 Å². The molecule has 3 nitrogen and oxygen atoms in total. The van der Waals surface area contributed by atoms with E-state index in [0.29, 0.717) is 6.42 Å². The number of carbonyl (C=O) groups excluding carboxylic acids is 1. The van der Waals surface area contributed by atoms with Gasteiger partial charge in [0.15, 0.2) is 0 Å². The summed E-state index contributed by atoms with van der Waals surface area (Å²) in [5, 5.41) is 3.39. The Hall–Kier alpha value is -1.35. The Balaban J connectivity index is 1.99. The minimum atomic E-state index is 0.0701. The summed E-state index contributed by atoms with van der Waals surface area (Å²) in [7, 11) is 0. The molecule has 0 aliphatic carbocycles. The first-order chi connectivity index (χ1) is 9.88. The third-order valence-corrected chi connectivity index (χ3v) is 4.11. The highest BCUT2D eigenvalue weighted by atomic mass is 16.2. The van der Waals surface area contributed by atoms with Crippen LogP contribution in [0, 0.1) is 6.92 Å². The highest BCUT2D eigenvalue weighted by molar-refractivity contribution is 5.77. The van der Waals surface area contributed by atoms with Gasteiger partial charge in [-0.2, -0.15) is 0 Å². The molecule has 0 bridgehead atoms. The van der Waals surface area contributed by atoms with Gasteiger partial charge < -0.3 is 10.2 Å². The maximum atomic E-state index is 12.5. The molecular formula is C18H28N2O. The molecule has 0 saturated carbocycles. The standard InChI is InChI=1S/C18H28N2O/c1-14-8-5-6-9-15(14)16-10-7-13-20(16)17(21)11-12-19-18(2,3)4/h5-6,8-9,16,19H,7,10-13H2,1-4H3. The zero-order chi connectivity index (χ0) is 15.5. The molecule has 1 unspecified atom stereocenters. The molecule has 0 aromatic heterocycles. The minimum Gasteiger partial charge on any atom is -0.336 e. The number of hydrogen-bond donors (Lipinski definition) is 1. The maximum Gasteiger partial charge on any atom is 0.224 e. The number of rotatable bonds is 4. The fourth-order valence-corrected chi connectivity index (χ4v) is 3.04. The molecule has 1 aliphatic rings. The molecule has 1 aromatic rings. The van der Waals surface area contributed by atoms with Crippen molar-refractivity contribution in [3.63, 3.8) is 0 Å². The molecule has 1 saturated heterocycles. The number of nitrogens with one attached hydrogen (secondary N) is 1. The Bertz CT molecular complexity index is 490. The highest BCUT2D eigenvalue weighted by Crippen LogP contribution is 2.33. The average Bonchev–Trinajstić information content (AvgIpc) is 2.86. The zero-order valence-corrected chi connectivity index (χ0v) is 13.8. The summed E-state index contributed by atoms with van der Waals surface area (Å²) in [4.78, 5) is 14.6. The van der Waals surface area contributed by atoms with Crippen LogP contribution in [0.1, 0.15) is 57.2 Å². The summed E-state index contributed by atoms with van der Waals surface area (Å²) in [5.74, 6) is 0.275. The van der Waals surface area contributed by atoms with Gasteiger partial charge in [-0.25, -0.2) is 0 Å². The van der Waals surface area contributed by atoms with Crippen LogP contribution in [0.3, 0.4) is 0 Å². The Labute approximate surface area is 128 Å². The SMILES string of the molecule is Cc1ccccc1C1CCCN1C(=O)CCNC(C)(C)C. The number of likely N-dealkylation sites (tertiary alicyclic amines) is 1. The summed E-state index contributed by atoms with van der Waals surface area (Å²) in [5.41, 5.74) is 2.67. The normalized spacial score (nSPS) is 19.0. The number of nitrogens with zero attached hydrogens (tertiary/aromatic N) is 1. The van der Waals surface area contributed by atoms with Gasteiger partial charge in [-0.1, -0.05) is 24.3 Å². The first kappa shape index (κ1) is 16.0. The topological polar surface area (TPSA) is 32.3 Å². The monoisotopic (exact) mass is 288 g/mol. The quantitative estimate of drug-likeness (QED) is 0.920. The molecule has 0 spiro atoms.